The fraction of sp³-hybridized carbons (Fsp3) is 0.857. The lowest BCUT2D eigenvalue weighted by Gasteiger charge is -2.31. The highest BCUT2D eigenvalue weighted by molar-refractivity contribution is 7.91. The van der Waals surface area contributed by atoms with E-state index in [9.17, 15) is 18.0 Å². The van der Waals surface area contributed by atoms with Crippen LogP contribution in [0.5, 0.6) is 0 Å². The van der Waals surface area contributed by atoms with Crippen LogP contribution in [0.4, 0.5) is 0 Å². The van der Waals surface area contributed by atoms with Crippen molar-refractivity contribution in [2.75, 3.05) is 24.6 Å². The van der Waals surface area contributed by atoms with Gasteiger partial charge in [0.25, 0.3) is 0 Å². The molecule has 0 aromatic carbocycles. The summed E-state index contributed by atoms with van der Waals surface area (Å²) in [4.78, 5) is 26.2. The summed E-state index contributed by atoms with van der Waals surface area (Å²) in [5.41, 5.74) is -0.725. The molecule has 0 aromatic rings. The van der Waals surface area contributed by atoms with Crippen LogP contribution < -0.4 is 5.32 Å². The van der Waals surface area contributed by atoms with Crippen molar-refractivity contribution in [1.29, 1.82) is 0 Å². The van der Waals surface area contributed by atoms with Crippen molar-refractivity contribution >= 4 is 21.7 Å². The fourth-order valence-corrected chi connectivity index (χ4v) is 4.03. The molecule has 0 bridgehead atoms. The second kappa shape index (κ2) is 6.34. The third-order valence-electron chi connectivity index (χ3n) is 4.46. The largest absolute Gasteiger partial charge is 0.342 e. The molecule has 1 saturated heterocycles. The highest BCUT2D eigenvalue weighted by Crippen LogP contribution is 2.33. The molecule has 0 aromatic heterocycles. The Labute approximate surface area is 126 Å². The lowest BCUT2D eigenvalue weighted by atomic mass is 9.96. The molecule has 120 valence electrons. The van der Waals surface area contributed by atoms with E-state index in [-0.39, 0.29) is 23.3 Å². The number of nitrogens with one attached hydrogen (secondary N) is 1. The Balaban J connectivity index is 2.01. The van der Waals surface area contributed by atoms with E-state index in [1.807, 2.05) is 0 Å². The molecule has 21 heavy (non-hydrogen) atoms. The Morgan fingerprint density at radius 1 is 1.24 bits per heavy atom. The van der Waals surface area contributed by atoms with Crippen molar-refractivity contribution in [1.82, 2.24) is 10.2 Å². The highest BCUT2D eigenvalue weighted by Gasteiger charge is 2.46. The van der Waals surface area contributed by atoms with E-state index in [0.717, 1.165) is 12.8 Å². The number of carbonyl (C=O) groups is 2. The predicted octanol–water partition coefficient (Wildman–Crippen LogP) is 0.473. The number of amides is 2. The van der Waals surface area contributed by atoms with Crippen molar-refractivity contribution in [2.24, 2.45) is 0 Å². The number of rotatable bonds is 5. The first-order chi connectivity index (χ1) is 9.88. The van der Waals surface area contributed by atoms with Gasteiger partial charge in [0.15, 0.2) is 0 Å². The van der Waals surface area contributed by atoms with E-state index < -0.39 is 15.4 Å². The minimum Gasteiger partial charge on any atom is -0.342 e. The first kappa shape index (κ1) is 16.3. The molecule has 7 heteroatoms. The number of hydrogen-bond acceptors (Lipinski definition) is 4. The quantitative estimate of drug-likeness (QED) is 0.799. The Hall–Kier alpha value is -1.11. The molecule has 2 rings (SSSR count). The molecule has 2 aliphatic rings. The van der Waals surface area contributed by atoms with Crippen molar-refractivity contribution in [3.63, 3.8) is 0 Å². The van der Waals surface area contributed by atoms with Gasteiger partial charge in [0, 0.05) is 25.3 Å². The van der Waals surface area contributed by atoms with Crippen LogP contribution in [0, 0.1) is 0 Å². The molecule has 1 spiro atoms. The van der Waals surface area contributed by atoms with Crippen LogP contribution in [-0.2, 0) is 19.4 Å². The first-order valence-corrected chi connectivity index (χ1v) is 9.51. The van der Waals surface area contributed by atoms with E-state index in [4.69, 9.17) is 0 Å². The van der Waals surface area contributed by atoms with Gasteiger partial charge < -0.3 is 10.2 Å². The summed E-state index contributed by atoms with van der Waals surface area (Å²) >= 11 is 0. The molecule has 1 aliphatic carbocycles. The van der Waals surface area contributed by atoms with Gasteiger partial charge in [-0.15, -0.1) is 0 Å². The normalized spacial score (nSPS) is 22.4. The van der Waals surface area contributed by atoms with E-state index in [0.29, 0.717) is 38.8 Å². The van der Waals surface area contributed by atoms with Gasteiger partial charge in [0.05, 0.1) is 5.75 Å². The van der Waals surface area contributed by atoms with Crippen molar-refractivity contribution in [3.05, 3.63) is 0 Å². The van der Waals surface area contributed by atoms with Crippen LogP contribution in [0.15, 0.2) is 0 Å². The van der Waals surface area contributed by atoms with Crippen molar-refractivity contribution < 1.29 is 18.0 Å². The topological polar surface area (TPSA) is 83.6 Å². The second-order valence-electron chi connectivity index (χ2n) is 5.97. The van der Waals surface area contributed by atoms with Crippen LogP contribution in [0.1, 0.15) is 45.4 Å². The molecule has 1 saturated carbocycles. The zero-order valence-corrected chi connectivity index (χ0v) is 13.4. The summed E-state index contributed by atoms with van der Waals surface area (Å²) < 4.78 is 23.0. The minimum absolute atomic E-state index is 0.0280. The lowest BCUT2D eigenvalue weighted by Crippen LogP contribution is -2.55. The molecule has 1 N–H and O–H groups in total. The molecule has 0 atom stereocenters. The summed E-state index contributed by atoms with van der Waals surface area (Å²) in [6, 6.07) is 0. The molecule has 2 fully saturated rings. The van der Waals surface area contributed by atoms with Crippen LogP contribution in [0.3, 0.4) is 0 Å². The van der Waals surface area contributed by atoms with E-state index in [1.165, 1.54) is 0 Å². The third kappa shape index (κ3) is 3.75. The van der Waals surface area contributed by atoms with Crippen molar-refractivity contribution in [2.45, 2.75) is 51.0 Å². The molecule has 0 unspecified atom stereocenters. The summed E-state index contributed by atoms with van der Waals surface area (Å²) in [6.07, 6.45) is 4.02. The molecule has 0 radical (unpaired) electrons. The average molecular weight is 316 g/mol. The second-order valence-corrected chi connectivity index (χ2v) is 8.44. The Bertz CT molecular complexity index is 509. The smallest absolute Gasteiger partial charge is 0.248 e. The number of sulfone groups is 1. The zero-order chi connectivity index (χ0) is 15.5. The van der Waals surface area contributed by atoms with E-state index >= 15 is 0 Å². The summed E-state index contributed by atoms with van der Waals surface area (Å²) in [6.45, 7) is 2.43. The summed E-state index contributed by atoms with van der Waals surface area (Å²) in [5.74, 6) is 0.126. The van der Waals surface area contributed by atoms with Crippen LogP contribution in [-0.4, -0.2) is 55.3 Å². The lowest BCUT2D eigenvalue weighted by molar-refractivity contribution is -0.138. The van der Waals surface area contributed by atoms with Gasteiger partial charge in [-0.1, -0.05) is 19.8 Å². The molecule has 6 nitrogen and oxygen atoms in total. The maximum Gasteiger partial charge on any atom is 0.248 e. The summed E-state index contributed by atoms with van der Waals surface area (Å²) in [7, 11) is -3.01. The average Bonchev–Trinajstić information content (AvgIpc) is 2.87. The van der Waals surface area contributed by atoms with Gasteiger partial charge in [-0.2, -0.15) is 0 Å². The molecular formula is C14H24N2O4S. The van der Waals surface area contributed by atoms with E-state index in [1.54, 1.807) is 11.8 Å². The standard InChI is InChI=1S/C14H24N2O4S/c1-2-21(19,20)11-5-9-16-10-6-12(17)15-14(13(16)18)7-3-4-8-14/h2-11H2,1H3,(H,15,17). The number of nitrogens with zero attached hydrogens (tertiary/aromatic N) is 1. The van der Waals surface area contributed by atoms with Gasteiger partial charge in [0.2, 0.25) is 11.8 Å². The predicted molar refractivity (Wildman–Crippen MR) is 79.5 cm³/mol. The SMILES string of the molecule is CCS(=O)(=O)CCCN1CCC(=O)NC2(CCCC2)C1=O. The maximum absolute atomic E-state index is 12.7. The Kier molecular flexibility index (Phi) is 4.91. The third-order valence-corrected chi connectivity index (χ3v) is 6.25. The number of hydrogen-bond donors (Lipinski definition) is 1. The van der Waals surface area contributed by atoms with Crippen LogP contribution >= 0.6 is 0 Å². The molecule has 2 amide bonds. The number of carbonyl (C=O) groups excluding carboxylic acids is 2. The maximum atomic E-state index is 12.7. The fourth-order valence-electron chi connectivity index (χ4n) is 3.17. The van der Waals surface area contributed by atoms with Crippen LogP contribution in [0.2, 0.25) is 0 Å². The van der Waals surface area contributed by atoms with Crippen molar-refractivity contribution in [3.8, 4) is 0 Å². The molecule has 1 aliphatic heterocycles. The van der Waals surface area contributed by atoms with Gasteiger partial charge in [-0.3, -0.25) is 9.59 Å². The van der Waals surface area contributed by atoms with Gasteiger partial charge in [0.1, 0.15) is 15.4 Å². The zero-order valence-electron chi connectivity index (χ0n) is 12.6. The Morgan fingerprint density at radius 2 is 1.90 bits per heavy atom. The molecular weight excluding hydrogens is 292 g/mol. The van der Waals surface area contributed by atoms with Gasteiger partial charge in [-0.05, 0) is 19.3 Å². The van der Waals surface area contributed by atoms with Crippen LogP contribution in [0.25, 0.3) is 0 Å². The van der Waals surface area contributed by atoms with Gasteiger partial charge >= 0.3 is 0 Å². The summed E-state index contributed by atoms with van der Waals surface area (Å²) in [5, 5.41) is 2.90. The minimum atomic E-state index is -3.01. The van der Waals surface area contributed by atoms with E-state index in [2.05, 4.69) is 5.32 Å². The Morgan fingerprint density at radius 3 is 2.52 bits per heavy atom. The molecule has 1 heterocycles. The monoisotopic (exact) mass is 316 g/mol. The van der Waals surface area contributed by atoms with Gasteiger partial charge in [-0.25, -0.2) is 8.42 Å². The first-order valence-electron chi connectivity index (χ1n) is 7.69. The highest BCUT2D eigenvalue weighted by atomic mass is 32.2.